The largest absolute Gasteiger partial charge is 0.327 e. The number of hydrogen-bond donors (Lipinski definition) is 0. The monoisotopic (exact) mass is 451 g/mol. The normalized spacial score (nSPS) is 19.7. The van der Waals surface area contributed by atoms with Crippen LogP contribution < -0.4 is 0 Å². The first kappa shape index (κ1) is 20.0. The van der Waals surface area contributed by atoms with Crippen LogP contribution in [0.15, 0.2) is 42.7 Å². The van der Waals surface area contributed by atoms with Crippen LogP contribution in [-0.2, 0) is 13.5 Å². The molecule has 5 heterocycles. The van der Waals surface area contributed by atoms with Crippen molar-refractivity contribution in [2.45, 2.75) is 37.8 Å². The number of amides is 1. The lowest BCUT2D eigenvalue weighted by molar-refractivity contribution is 0.0394. The maximum Gasteiger partial charge on any atom is 0.256 e. The summed E-state index contributed by atoms with van der Waals surface area (Å²) in [7, 11) is 1.70. The fourth-order valence-corrected chi connectivity index (χ4v) is 5.47. The Hall–Kier alpha value is -3.62. The maximum atomic E-state index is 14.0. The minimum atomic E-state index is -1.49. The van der Waals surface area contributed by atoms with Gasteiger partial charge in [-0.2, -0.15) is 10.2 Å². The van der Waals surface area contributed by atoms with Gasteiger partial charge in [-0.1, -0.05) is 0 Å². The van der Waals surface area contributed by atoms with Gasteiger partial charge in [0, 0.05) is 36.6 Å². The number of benzene rings is 1. The highest BCUT2D eigenvalue weighted by Crippen LogP contribution is 2.45. The molecule has 2 aliphatic rings. The van der Waals surface area contributed by atoms with E-state index in [-0.39, 0.29) is 23.6 Å². The molecular formula is C24H20F3N5O. The summed E-state index contributed by atoms with van der Waals surface area (Å²) in [6.45, 7) is 0. The minimum Gasteiger partial charge on any atom is -0.327 e. The van der Waals surface area contributed by atoms with Gasteiger partial charge in [0.05, 0.1) is 28.5 Å². The molecule has 2 unspecified atom stereocenters. The Bertz CT molecular complexity index is 1400. The second kappa shape index (κ2) is 7.19. The van der Waals surface area contributed by atoms with E-state index in [0.717, 1.165) is 48.2 Å². The zero-order valence-corrected chi connectivity index (χ0v) is 17.8. The Morgan fingerprint density at radius 3 is 2.70 bits per heavy atom. The van der Waals surface area contributed by atoms with Crippen LogP contribution in [0.2, 0.25) is 0 Å². The summed E-state index contributed by atoms with van der Waals surface area (Å²) in [5.41, 5.74) is 3.73. The molecule has 2 aliphatic heterocycles. The zero-order valence-electron chi connectivity index (χ0n) is 17.8. The Labute approximate surface area is 187 Å². The highest BCUT2D eigenvalue weighted by molar-refractivity contribution is 6.01. The predicted octanol–water partition coefficient (Wildman–Crippen LogP) is 4.44. The highest BCUT2D eigenvalue weighted by atomic mass is 19.2. The first-order chi connectivity index (χ1) is 15.9. The highest BCUT2D eigenvalue weighted by Gasteiger charge is 2.44. The van der Waals surface area contributed by atoms with Crippen molar-refractivity contribution in [3.05, 3.63) is 77.0 Å². The summed E-state index contributed by atoms with van der Waals surface area (Å²) in [5, 5.41) is 8.92. The molecule has 0 N–H and O–H groups in total. The van der Waals surface area contributed by atoms with Crippen molar-refractivity contribution >= 4 is 11.4 Å². The van der Waals surface area contributed by atoms with E-state index in [4.69, 9.17) is 0 Å². The van der Waals surface area contributed by atoms with E-state index in [2.05, 4.69) is 10.2 Å². The van der Waals surface area contributed by atoms with Gasteiger partial charge < -0.3 is 4.90 Å². The number of aromatic nitrogens is 4. The van der Waals surface area contributed by atoms with Crippen molar-refractivity contribution in [1.29, 1.82) is 0 Å². The number of carbonyl (C=O) groups excluding carboxylic acids is 1. The third kappa shape index (κ3) is 2.91. The summed E-state index contributed by atoms with van der Waals surface area (Å²) in [4.78, 5) is 15.6. The summed E-state index contributed by atoms with van der Waals surface area (Å²) in [6.07, 6.45) is 6.49. The van der Waals surface area contributed by atoms with E-state index in [1.165, 1.54) is 0 Å². The van der Waals surface area contributed by atoms with Gasteiger partial charge in [0.15, 0.2) is 17.5 Å². The second-order valence-corrected chi connectivity index (χ2v) is 8.69. The molecule has 0 radical (unpaired) electrons. The van der Waals surface area contributed by atoms with Crippen molar-refractivity contribution in [3.8, 4) is 11.3 Å². The number of nitrogens with zero attached hydrogens (tertiary/aromatic N) is 5. The third-order valence-corrected chi connectivity index (χ3v) is 6.83. The Morgan fingerprint density at radius 2 is 1.91 bits per heavy atom. The molecule has 33 heavy (non-hydrogen) atoms. The smallest absolute Gasteiger partial charge is 0.256 e. The summed E-state index contributed by atoms with van der Waals surface area (Å²) in [5.74, 6) is -4.03. The van der Waals surface area contributed by atoms with Crippen LogP contribution in [0.25, 0.3) is 16.8 Å². The number of fused-ring (bicyclic) bond motifs is 5. The van der Waals surface area contributed by atoms with Crippen LogP contribution >= 0.6 is 0 Å². The van der Waals surface area contributed by atoms with E-state index < -0.39 is 17.5 Å². The van der Waals surface area contributed by atoms with Gasteiger partial charge in [0.1, 0.15) is 0 Å². The van der Waals surface area contributed by atoms with Crippen LogP contribution in [0.5, 0.6) is 0 Å². The van der Waals surface area contributed by atoms with Crippen LogP contribution in [0, 0.1) is 17.5 Å². The molecule has 1 amide bonds. The standard InChI is InChI=1S/C24H20F3N5O/c1-30-23(13-10-17(25)21(27)18(26)11-13)16-12-14-4-2-5-20(22(16)29-30)32(14)24(33)15-7-9-31-19(15)6-3-8-28-31/h3,6-11,14,20H,2,4-5,12H2,1H3. The fourth-order valence-electron chi connectivity index (χ4n) is 5.47. The first-order valence-electron chi connectivity index (χ1n) is 10.9. The molecule has 1 saturated heterocycles. The molecule has 1 fully saturated rings. The van der Waals surface area contributed by atoms with Gasteiger partial charge in [0.25, 0.3) is 5.91 Å². The molecule has 2 bridgehead atoms. The molecule has 9 heteroatoms. The van der Waals surface area contributed by atoms with Crippen LogP contribution in [0.1, 0.15) is 46.9 Å². The first-order valence-corrected chi connectivity index (χ1v) is 10.9. The maximum absolute atomic E-state index is 14.0. The van der Waals surface area contributed by atoms with Gasteiger partial charge in [0.2, 0.25) is 0 Å². The van der Waals surface area contributed by atoms with Crippen LogP contribution in [0.3, 0.4) is 0 Å². The topological polar surface area (TPSA) is 55.4 Å². The Kier molecular flexibility index (Phi) is 4.36. The quantitative estimate of drug-likeness (QED) is 0.424. The molecule has 168 valence electrons. The average Bonchev–Trinajstić information content (AvgIpc) is 3.37. The number of halogens is 3. The molecule has 0 saturated carbocycles. The van der Waals surface area contributed by atoms with E-state index in [1.54, 1.807) is 40.8 Å². The van der Waals surface area contributed by atoms with E-state index in [9.17, 15) is 18.0 Å². The summed E-state index contributed by atoms with van der Waals surface area (Å²) < 4.78 is 44.7. The molecule has 6 rings (SSSR count). The lowest BCUT2D eigenvalue weighted by Crippen LogP contribution is -2.49. The average molecular weight is 451 g/mol. The van der Waals surface area contributed by atoms with Crippen molar-refractivity contribution < 1.29 is 18.0 Å². The number of carbonyl (C=O) groups is 1. The molecule has 2 atom stereocenters. The number of hydrogen-bond acceptors (Lipinski definition) is 3. The third-order valence-electron chi connectivity index (χ3n) is 6.83. The molecule has 0 aliphatic carbocycles. The molecule has 1 aromatic carbocycles. The zero-order chi connectivity index (χ0) is 22.9. The molecular weight excluding hydrogens is 431 g/mol. The van der Waals surface area contributed by atoms with Crippen molar-refractivity contribution in [3.63, 3.8) is 0 Å². The van der Waals surface area contributed by atoms with Crippen molar-refractivity contribution in [2.24, 2.45) is 7.05 Å². The Morgan fingerprint density at radius 1 is 1.12 bits per heavy atom. The number of aryl methyl sites for hydroxylation is 1. The fraction of sp³-hybridized carbons (Fsp3) is 0.292. The van der Waals surface area contributed by atoms with Crippen molar-refractivity contribution in [1.82, 2.24) is 24.3 Å². The van der Waals surface area contributed by atoms with Gasteiger partial charge in [-0.3, -0.25) is 9.48 Å². The predicted molar refractivity (Wildman–Crippen MR) is 114 cm³/mol. The summed E-state index contributed by atoms with van der Waals surface area (Å²) in [6, 6.07) is 7.15. The van der Waals surface area contributed by atoms with Crippen LogP contribution in [0.4, 0.5) is 13.2 Å². The Balaban J connectivity index is 1.45. The number of piperidine rings is 1. The van der Waals surface area contributed by atoms with Gasteiger partial charge in [-0.15, -0.1) is 0 Å². The van der Waals surface area contributed by atoms with Gasteiger partial charge >= 0.3 is 0 Å². The van der Waals surface area contributed by atoms with Gasteiger partial charge in [-0.05, 0) is 56.0 Å². The van der Waals surface area contributed by atoms with E-state index >= 15 is 0 Å². The van der Waals surface area contributed by atoms with Gasteiger partial charge in [-0.25, -0.2) is 17.7 Å². The SMILES string of the molecule is Cn1nc2c(c1-c1cc(F)c(F)c(F)c1)CC1CCCC2N1C(=O)c1ccn2ncccc12. The van der Waals surface area contributed by atoms with Crippen molar-refractivity contribution in [2.75, 3.05) is 0 Å². The molecule has 0 spiro atoms. The lowest BCUT2D eigenvalue weighted by atomic mass is 9.81. The molecule has 3 aromatic heterocycles. The van der Waals surface area contributed by atoms with E-state index in [1.807, 2.05) is 11.0 Å². The molecule has 6 nitrogen and oxygen atoms in total. The van der Waals surface area contributed by atoms with Crippen LogP contribution in [-0.4, -0.2) is 36.2 Å². The van der Waals surface area contributed by atoms with E-state index in [0.29, 0.717) is 17.7 Å². The second-order valence-electron chi connectivity index (χ2n) is 8.69. The number of rotatable bonds is 2. The lowest BCUT2D eigenvalue weighted by Gasteiger charge is -2.45. The summed E-state index contributed by atoms with van der Waals surface area (Å²) >= 11 is 0. The minimum absolute atomic E-state index is 0.0616. The molecule has 4 aromatic rings.